The molecule has 3 heteroatoms. The fourth-order valence-electron chi connectivity index (χ4n) is 1.61. The summed E-state index contributed by atoms with van der Waals surface area (Å²) in [6.07, 6.45) is 2.47. The number of hydrogen-bond acceptors (Lipinski definition) is 2. The smallest absolute Gasteiger partial charge is 0.143 e. The molecule has 1 rings (SSSR count). The van der Waals surface area contributed by atoms with Crippen molar-refractivity contribution >= 4 is 21.7 Å². The zero-order chi connectivity index (χ0) is 8.97. The van der Waals surface area contributed by atoms with E-state index in [1.807, 2.05) is 0 Å². The fourth-order valence-corrected chi connectivity index (χ4v) is 2.26. The predicted molar refractivity (Wildman–Crippen MR) is 53.6 cm³/mol. The molecule has 1 saturated heterocycles. The van der Waals surface area contributed by atoms with Gasteiger partial charge in [-0.1, -0.05) is 15.9 Å². The topological polar surface area (TPSA) is 20.3 Å². The Balaban J connectivity index is 2.21. The Hall–Kier alpha value is 0.110. The first kappa shape index (κ1) is 10.2. The molecule has 0 aromatic rings. The molecule has 1 fully saturated rings. The van der Waals surface area contributed by atoms with E-state index >= 15 is 0 Å². The molecule has 0 amide bonds. The Bertz CT molecular complexity index is 153. The molecule has 0 aromatic heterocycles. The highest BCUT2D eigenvalue weighted by atomic mass is 79.9. The van der Waals surface area contributed by atoms with Gasteiger partial charge in [0, 0.05) is 5.33 Å². The van der Waals surface area contributed by atoms with Crippen LogP contribution in [0.4, 0.5) is 0 Å². The van der Waals surface area contributed by atoms with Crippen LogP contribution in [0.3, 0.4) is 0 Å². The maximum absolute atomic E-state index is 10.8. The first-order valence-corrected chi connectivity index (χ1v) is 5.62. The molecule has 2 nitrogen and oxygen atoms in total. The lowest BCUT2D eigenvalue weighted by atomic mass is 9.99. The highest BCUT2D eigenvalue weighted by Crippen LogP contribution is 2.18. The largest absolute Gasteiger partial charge is 0.299 e. The van der Waals surface area contributed by atoms with Crippen molar-refractivity contribution in [3.8, 4) is 0 Å². The monoisotopic (exact) mass is 233 g/mol. The molecule has 70 valence electrons. The first-order chi connectivity index (χ1) is 5.72. The van der Waals surface area contributed by atoms with E-state index in [1.54, 1.807) is 6.92 Å². The third-order valence-electron chi connectivity index (χ3n) is 2.37. The van der Waals surface area contributed by atoms with Crippen LogP contribution in [0.15, 0.2) is 0 Å². The van der Waals surface area contributed by atoms with Crippen molar-refractivity contribution in [1.82, 2.24) is 4.90 Å². The normalized spacial score (nSPS) is 21.2. The number of hydrogen-bond donors (Lipinski definition) is 0. The van der Waals surface area contributed by atoms with Gasteiger partial charge in [0.05, 0.1) is 6.54 Å². The Morgan fingerprint density at radius 1 is 1.50 bits per heavy atom. The number of carbonyl (C=O) groups excluding carboxylic acids is 1. The van der Waals surface area contributed by atoms with E-state index in [9.17, 15) is 4.79 Å². The van der Waals surface area contributed by atoms with E-state index in [0.29, 0.717) is 6.54 Å². The molecule has 0 saturated carbocycles. The standard InChI is InChI=1S/C9H16BrNO/c1-8(12)7-11-4-2-9(6-10)3-5-11/h9H,2-7H2,1H3. The van der Waals surface area contributed by atoms with Crippen molar-refractivity contribution in [1.29, 1.82) is 0 Å². The highest BCUT2D eigenvalue weighted by Gasteiger charge is 2.18. The zero-order valence-corrected chi connectivity index (χ0v) is 9.14. The molecule has 0 atom stereocenters. The van der Waals surface area contributed by atoms with E-state index < -0.39 is 0 Å². The minimum Gasteiger partial charge on any atom is -0.299 e. The molecule has 0 unspecified atom stereocenters. The summed E-state index contributed by atoms with van der Waals surface area (Å²) >= 11 is 3.50. The van der Waals surface area contributed by atoms with Gasteiger partial charge in [0.25, 0.3) is 0 Å². The van der Waals surface area contributed by atoms with Gasteiger partial charge in [-0.2, -0.15) is 0 Å². The number of carbonyl (C=O) groups is 1. The average Bonchev–Trinajstić information content (AvgIpc) is 2.05. The number of likely N-dealkylation sites (tertiary alicyclic amines) is 1. The molecule has 1 aliphatic rings. The van der Waals surface area contributed by atoms with Crippen molar-refractivity contribution in [2.75, 3.05) is 25.0 Å². The van der Waals surface area contributed by atoms with E-state index in [0.717, 1.165) is 24.3 Å². The number of halogens is 1. The van der Waals surface area contributed by atoms with Crippen LogP contribution in [0.5, 0.6) is 0 Å². The Labute approximate surface area is 82.4 Å². The average molecular weight is 234 g/mol. The van der Waals surface area contributed by atoms with Gasteiger partial charge >= 0.3 is 0 Å². The van der Waals surface area contributed by atoms with Crippen molar-refractivity contribution < 1.29 is 4.79 Å². The molecule has 0 aliphatic carbocycles. The third kappa shape index (κ3) is 3.23. The minimum absolute atomic E-state index is 0.285. The van der Waals surface area contributed by atoms with E-state index in [1.165, 1.54) is 12.8 Å². The molecule has 0 bridgehead atoms. The molecular weight excluding hydrogens is 218 g/mol. The number of rotatable bonds is 3. The van der Waals surface area contributed by atoms with Gasteiger partial charge in [0.15, 0.2) is 0 Å². The summed E-state index contributed by atoms with van der Waals surface area (Å²) in [5, 5.41) is 1.11. The van der Waals surface area contributed by atoms with Gasteiger partial charge in [0.1, 0.15) is 5.78 Å². The third-order valence-corrected chi connectivity index (χ3v) is 3.29. The Morgan fingerprint density at radius 2 is 2.08 bits per heavy atom. The minimum atomic E-state index is 0.285. The van der Waals surface area contributed by atoms with Crippen molar-refractivity contribution in [3.05, 3.63) is 0 Å². The van der Waals surface area contributed by atoms with Crippen molar-refractivity contribution in [3.63, 3.8) is 0 Å². The van der Waals surface area contributed by atoms with Crippen LogP contribution in [0.2, 0.25) is 0 Å². The number of piperidine rings is 1. The number of alkyl halides is 1. The van der Waals surface area contributed by atoms with Gasteiger partial charge in [0.2, 0.25) is 0 Å². The predicted octanol–water partition coefficient (Wildman–Crippen LogP) is 1.68. The highest BCUT2D eigenvalue weighted by molar-refractivity contribution is 9.09. The number of nitrogens with zero attached hydrogens (tertiary/aromatic N) is 1. The molecule has 0 radical (unpaired) electrons. The molecule has 0 spiro atoms. The second-order valence-corrected chi connectivity index (χ2v) is 4.22. The lowest BCUT2D eigenvalue weighted by Gasteiger charge is -2.30. The summed E-state index contributed by atoms with van der Waals surface area (Å²) < 4.78 is 0. The summed E-state index contributed by atoms with van der Waals surface area (Å²) in [5.74, 6) is 1.11. The van der Waals surface area contributed by atoms with Gasteiger partial charge in [-0.25, -0.2) is 0 Å². The van der Waals surface area contributed by atoms with E-state index in [4.69, 9.17) is 0 Å². The Kier molecular flexibility index (Phi) is 4.22. The van der Waals surface area contributed by atoms with Crippen LogP contribution in [-0.4, -0.2) is 35.6 Å². The van der Waals surface area contributed by atoms with Crippen LogP contribution >= 0.6 is 15.9 Å². The summed E-state index contributed by atoms with van der Waals surface area (Å²) in [4.78, 5) is 13.1. The van der Waals surface area contributed by atoms with Gasteiger partial charge in [-0.3, -0.25) is 9.69 Å². The molecule has 1 aliphatic heterocycles. The first-order valence-electron chi connectivity index (χ1n) is 4.50. The van der Waals surface area contributed by atoms with Crippen LogP contribution in [-0.2, 0) is 4.79 Å². The number of ketones is 1. The quantitative estimate of drug-likeness (QED) is 0.692. The Morgan fingerprint density at radius 3 is 2.50 bits per heavy atom. The molecular formula is C9H16BrNO. The second-order valence-electron chi connectivity index (χ2n) is 3.58. The summed E-state index contributed by atoms with van der Waals surface area (Å²) in [6.45, 7) is 4.50. The zero-order valence-electron chi connectivity index (χ0n) is 7.55. The van der Waals surface area contributed by atoms with Crippen molar-refractivity contribution in [2.24, 2.45) is 5.92 Å². The maximum Gasteiger partial charge on any atom is 0.143 e. The van der Waals surface area contributed by atoms with Crippen LogP contribution in [0, 0.1) is 5.92 Å². The van der Waals surface area contributed by atoms with Crippen LogP contribution in [0.1, 0.15) is 19.8 Å². The van der Waals surface area contributed by atoms with E-state index in [-0.39, 0.29) is 5.78 Å². The lowest BCUT2D eigenvalue weighted by molar-refractivity contribution is -0.118. The van der Waals surface area contributed by atoms with E-state index in [2.05, 4.69) is 20.8 Å². The van der Waals surface area contributed by atoms with Crippen LogP contribution < -0.4 is 0 Å². The number of Topliss-reactive ketones (excluding diaryl/α,β-unsaturated/α-hetero) is 1. The van der Waals surface area contributed by atoms with Gasteiger partial charge in [-0.05, 0) is 38.8 Å². The molecule has 0 aromatic carbocycles. The molecule has 0 N–H and O–H groups in total. The fraction of sp³-hybridized carbons (Fsp3) is 0.889. The summed E-state index contributed by atoms with van der Waals surface area (Å²) in [7, 11) is 0. The molecule has 1 heterocycles. The van der Waals surface area contributed by atoms with Crippen molar-refractivity contribution in [2.45, 2.75) is 19.8 Å². The lowest BCUT2D eigenvalue weighted by Crippen LogP contribution is -2.37. The maximum atomic E-state index is 10.8. The second kappa shape index (κ2) is 4.97. The van der Waals surface area contributed by atoms with Gasteiger partial charge in [-0.15, -0.1) is 0 Å². The van der Waals surface area contributed by atoms with Gasteiger partial charge < -0.3 is 0 Å². The molecule has 12 heavy (non-hydrogen) atoms. The van der Waals surface area contributed by atoms with Crippen LogP contribution in [0.25, 0.3) is 0 Å². The SMILES string of the molecule is CC(=O)CN1CCC(CBr)CC1. The summed E-state index contributed by atoms with van der Waals surface area (Å²) in [5.41, 5.74) is 0. The summed E-state index contributed by atoms with van der Waals surface area (Å²) in [6, 6.07) is 0.